The quantitative estimate of drug-likeness (QED) is 0.736. The predicted octanol–water partition coefficient (Wildman–Crippen LogP) is 3.27. The molecule has 1 nitrogen and oxygen atoms in total. The summed E-state index contributed by atoms with van der Waals surface area (Å²) < 4.78 is 0. The van der Waals surface area contributed by atoms with Crippen molar-refractivity contribution < 1.29 is 0 Å². The number of nitriles is 1. The van der Waals surface area contributed by atoms with Gasteiger partial charge in [-0.05, 0) is 55.7 Å². The second-order valence-electron chi connectivity index (χ2n) is 2.17. The van der Waals surface area contributed by atoms with Crippen LogP contribution < -0.4 is 0 Å². The molecule has 0 amide bonds. The van der Waals surface area contributed by atoms with E-state index >= 15 is 0 Å². The van der Waals surface area contributed by atoms with Crippen molar-refractivity contribution in [2.24, 2.45) is 0 Å². The Kier molecular flexibility index (Phi) is 2.98. The van der Waals surface area contributed by atoms with Crippen LogP contribution in [-0.2, 0) is 0 Å². The number of hydrogen-bond donors (Lipinski definition) is 0. The molecule has 0 N–H and O–H groups in total. The first kappa shape index (κ1) is 8.63. The van der Waals surface area contributed by atoms with Gasteiger partial charge in [0.1, 0.15) is 0 Å². The average Bonchev–Trinajstić information content (AvgIpc) is 2.04. The smallest absolute Gasteiger partial charge is 0.0994 e. The van der Waals surface area contributed by atoms with E-state index in [0.29, 0.717) is 0 Å². The molecule has 0 bridgehead atoms. The maximum Gasteiger partial charge on any atom is 0.0994 e. The summed E-state index contributed by atoms with van der Waals surface area (Å²) in [6.45, 7) is 1.94. The fourth-order valence-electron chi connectivity index (χ4n) is 0.810. The lowest BCUT2D eigenvalue weighted by molar-refractivity contribution is 1.33. The second-order valence-corrected chi connectivity index (χ2v) is 3.76. The van der Waals surface area contributed by atoms with Crippen LogP contribution in [0.15, 0.2) is 23.1 Å². The average molecular weight is 228 g/mol. The van der Waals surface area contributed by atoms with Crippen LogP contribution in [0.2, 0.25) is 0 Å². The molecule has 0 aliphatic rings. The van der Waals surface area contributed by atoms with Gasteiger partial charge >= 0.3 is 0 Å². The number of hydrogen-bond acceptors (Lipinski definition) is 2. The molecule has 0 spiro atoms. The summed E-state index contributed by atoms with van der Waals surface area (Å²) in [5.41, 5.74) is 1.77. The van der Waals surface area contributed by atoms with Gasteiger partial charge in [0.2, 0.25) is 0 Å². The number of halogens is 1. The minimum atomic E-state index is 0.746. The normalized spacial score (nSPS) is 9.18. The van der Waals surface area contributed by atoms with Crippen molar-refractivity contribution in [3.63, 3.8) is 0 Å². The highest BCUT2D eigenvalue weighted by atomic mass is 79.9. The summed E-state index contributed by atoms with van der Waals surface area (Å²) in [6, 6.07) is 7.86. The number of benzene rings is 1. The highest BCUT2D eigenvalue weighted by Gasteiger charge is 1.97. The zero-order valence-electron chi connectivity index (χ0n) is 5.97. The van der Waals surface area contributed by atoms with Gasteiger partial charge in [-0.1, -0.05) is 0 Å². The molecule has 3 heteroatoms. The van der Waals surface area contributed by atoms with Gasteiger partial charge in [-0.25, -0.2) is 0 Å². The lowest BCUT2D eigenvalue weighted by atomic mass is 10.1. The number of rotatable bonds is 1. The SMILES string of the molecule is Cc1cc(SBr)ccc1C#N. The van der Waals surface area contributed by atoms with Crippen LogP contribution in [-0.4, -0.2) is 0 Å². The maximum atomic E-state index is 8.61. The molecule has 0 radical (unpaired) electrons. The Balaban J connectivity index is 3.12. The van der Waals surface area contributed by atoms with E-state index in [2.05, 4.69) is 20.9 Å². The summed E-state index contributed by atoms with van der Waals surface area (Å²) in [4.78, 5) is 1.13. The Labute approximate surface area is 77.6 Å². The molecule has 1 aromatic carbocycles. The number of nitrogens with zero attached hydrogens (tertiary/aromatic N) is 1. The van der Waals surface area contributed by atoms with Crippen LogP contribution >= 0.6 is 25.0 Å². The van der Waals surface area contributed by atoms with E-state index in [-0.39, 0.29) is 0 Å². The van der Waals surface area contributed by atoms with Gasteiger partial charge in [-0.3, -0.25) is 0 Å². The van der Waals surface area contributed by atoms with Crippen molar-refractivity contribution in [2.75, 3.05) is 0 Å². The van der Waals surface area contributed by atoms with Crippen LogP contribution in [0.4, 0.5) is 0 Å². The third-order valence-corrected chi connectivity index (χ3v) is 2.96. The van der Waals surface area contributed by atoms with Crippen LogP contribution in [0.5, 0.6) is 0 Å². The Bertz CT molecular complexity index is 303. The molecular formula is C8H6BrNS. The summed E-state index contributed by atoms with van der Waals surface area (Å²) >= 11 is 3.27. The van der Waals surface area contributed by atoms with Gasteiger partial charge in [0, 0.05) is 4.90 Å². The van der Waals surface area contributed by atoms with Gasteiger partial charge in [0.15, 0.2) is 0 Å². The Hall–Kier alpha value is -0.460. The standard InChI is InChI=1S/C8H6BrNS/c1-6-4-8(11-9)3-2-7(6)5-10/h2-4H,1H3. The van der Waals surface area contributed by atoms with Crippen LogP contribution in [0.3, 0.4) is 0 Å². The summed E-state index contributed by atoms with van der Waals surface area (Å²) in [5.74, 6) is 0. The van der Waals surface area contributed by atoms with Crippen LogP contribution in [0.25, 0.3) is 0 Å². The van der Waals surface area contributed by atoms with Gasteiger partial charge in [0.25, 0.3) is 0 Å². The van der Waals surface area contributed by atoms with E-state index in [9.17, 15) is 0 Å². The van der Waals surface area contributed by atoms with Gasteiger partial charge in [-0.15, -0.1) is 0 Å². The Morgan fingerprint density at radius 3 is 2.73 bits per heavy atom. The molecule has 0 heterocycles. The highest BCUT2D eigenvalue weighted by molar-refractivity contribution is 9.50. The zero-order valence-corrected chi connectivity index (χ0v) is 8.37. The monoisotopic (exact) mass is 227 g/mol. The van der Waals surface area contributed by atoms with E-state index in [4.69, 9.17) is 5.26 Å². The first-order valence-corrected chi connectivity index (χ1v) is 5.73. The lowest BCUT2D eigenvalue weighted by Gasteiger charge is -1.97. The van der Waals surface area contributed by atoms with Crippen LogP contribution in [0, 0.1) is 18.3 Å². The van der Waals surface area contributed by atoms with Crippen LogP contribution in [0.1, 0.15) is 11.1 Å². The number of aryl methyl sites for hydroxylation is 1. The summed E-state index contributed by atoms with van der Waals surface area (Å²) in [6.07, 6.45) is 0. The predicted molar refractivity (Wildman–Crippen MR) is 50.7 cm³/mol. The van der Waals surface area contributed by atoms with Crippen molar-refractivity contribution in [1.82, 2.24) is 0 Å². The molecule has 0 saturated heterocycles. The minimum absolute atomic E-state index is 0.746. The van der Waals surface area contributed by atoms with Gasteiger partial charge in [-0.2, -0.15) is 5.26 Å². The molecule has 0 aliphatic carbocycles. The molecule has 56 valence electrons. The molecule has 1 rings (SSSR count). The van der Waals surface area contributed by atoms with Gasteiger partial charge < -0.3 is 0 Å². The van der Waals surface area contributed by atoms with E-state index in [1.807, 2.05) is 25.1 Å². The van der Waals surface area contributed by atoms with Crippen molar-refractivity contribution in [1.29, 1.82) is 5.26 Å². The largest absolute Gasteiger partial charge is 0.192 e. The molecule has 0 atom stereocenters. The fourth-order valence-corrected chi connectivity index (χ4v) is 1.75. The van der Waals surface area contributed by atoms with E-state index in [1.54, 1.807) is 0 Å². The third-order valence-electron chi connectivity index (χ3n) is 1.41. The summed E-state index contributed by atoms with van der Waals surface area (Å²) in [7, 11) is 1.51. The van der Waals surface area contributed by atoms with E-state index < -0.39 is 0 Å². The van der Waals surface area contributed by atoms with Gasteiger partial charge in [0.05, 0.1) is 11.6 Å². The molecule has 0 aliphatic heterocycles. The van der Waals surface area contributed by atoms with Crippen molar-refractivity contribution in [2.45, 2.75) is 11.8 Å². The molecule has 1 aromatic rings. The highest BCUT2D eigenvalue weighted by Crippen LogP contribution is 2.25. The second kappa shape index (κ2) is 3.80. The topological polar surface area (TPSA) is 23.8 Å². The maximum absolute atomic E-state index is 8.61. The Morgan fingerprint density at radius 2 is 2.27 bits per heavy atom. The van der Waals surface area contributed by atoms with E-state index in [1.165, 1.54) is 10.2 Å². The molecule has 0 unspecified atom stereocenters. The lowest BCUT2D eigenvalue weighted by Crippen LogP contribution is -1.80. The van der Waals surface area contributed by atoms with Crippen molar-refractivity contribution >= 4 is 25.0 Å². The van der Waals surface area contributed by atoms with Crippen molar-refractivity contribution in [3.05, 3.63) is 29.3 Å². The molecule has 11 heavy (non-hydrogen) atoms. The molecule has 0 saturated carbocycles. The first-order chi connectivity index (χ1) is 5.27. The molecule has 0 aromatic heterocycles. The third kappa shape index (κ3) is 1.98. The molecular weight excluding hydrogens is 222 g/mol. The van der Waals surface area contributed by atoms with Crippen molar-refractivity contribution in [3.8, 4) is 6.07 Å². The Morgan fingerprint density at radius 1 is 1.55 bits per heavy atom. The summed E-state index contributed by atoms with van der Waals surface area (Å²) in [5, 5.41) is 8.61. The molecule has 0 fully saturated rings. The minimum Gasteiger partial charge on any atom is -0.192 e. The zero-order chi connectivity index (χ0) is 8.27. The fraction of sp³-hybridized carbons (Fsp3) is 0.125. The van der Waals surface area contributed by atoms with E-state index in [0.717, 1.165) is 16.0 Å². The first-order valence-electron chi connectivity index (χ1n) is 3.07.